The first kappa shape index (κ1) is 72.6. The van der Waals surface area contributed by atoms with E-state index < -0.39 is 110 Å². The molecule has 0 fully saturated rings. The summed E-state index contributed by atoms with van der Waals surface area (Å²) in [4.78, 5) is 54.3. The van der Waals surface area contributed by atoms with Crippen molar-refractivity contribution >= 4 is 36.3 Å². The van der Waals surface area contributed by atoms with Crippen LogP contribution in [0.25, 0.3) is 0 Å². The Morgan fingerprint density at radius 3 is 0.492 bits per heavy atom. The highest BCUT2D eigenvalue weighted by molar-refractivity contribution is 5.78. The summed E-state index contributed by atoms with van der Waals surface area (Å²) >= 11 is 0. The summed E-state index contributed by atoms with van der Waals surface area (Å²) in [5.74, 6) is -29.3. The van der Waals surface area contributed by atoms with Crippen LogP contribution >= 0.6 is 0 Å². The number of nitrogens with one attached hydrogen (secondary N) is 1. The lowest BCUT2D eigenvalue weighted by atomic mass is 10.3. The second kappa shape index (κ2) is 26.0. The van der Waals surface area contributed by atoms with E-state index in [1.807, 2.05) is 5.32 Å². The van der Waals surface area contributed by atoms with E-state index in [4.69, 9.17) is 24.0 Å². The van der Waals surface area contributed by atoms with Crippen LogP contribution in [0.15, 0.2) is 12.7 Å². The molecule has 378 valence electrons. The predicted molar refractivity (Wildman–Crippen MR) is 122 cm³/mol. The van der Waals surface area contributed by atoms with E-state index in [1.165, 1.54) is 6.08 Å². The van der Waals surface area contributed by atoms with Crippen LogP contribution in [0.5, 0.6) is 0 Å². The van der Waals surface area contributed by atoms with Gasteiger partial charge in [0.2, 0.25) is 0 Å². The van der Waals surface area contributed by atoms with Crippen molar-refractivity contribution in [2.24, 2.45) is 0 Å². The van der Waals surface area contributed by atoms with E-state index in [1.54, 1.807) is 0 Å². The maximum atomic E-state index is 11.2. The molecule has 0 radical (unpaired) electrons. The Labute approximate surface area is 318 Å². The molecule has 0 bridgehead atoms. The number of amides is 1. The predicted octanol–water partition coefficient (Wildman–Crippen LogP) is 10.8. The molecule has 0 saturated carbocycles. The van der Waals surface area contributed by atoms with E-state index in [9.17, 15) is 158 Å². The van der Waals surface area contributed by atoms with Crippen LogP contribution in [-0.2, 0) is 24.0 Å². The van der Waals surface area contributed by atoms with Crippen molar-refractivity contribution < 1.29 is 182 Å². The molecular formula is C21H8F35NO6. The SMILES string of the molecule is C=CCNC(=O)F.FCC(F)(F)F.O=C(F)C(F)(F)C(F)(F)F.O=C(F)C(F)(F)C(F)(F)F.O=C(F)C(F)(F)C(F)(F)F.O=C(F)C(F)(F)C(F)(F)F.O=C(F)C(F)(F)C(F)(F)F. The van der Waals surface area contributed by atoms with Crippen LogP contribution in [-0.4, -0.2) is 116 Å². The van der Waals surface area contributed by atoms with Crippen LogP contribution in [0.4, 0.5) is 158 Å². The van der Waals surface area contributed by atoms with Gasteiger partial charge in [-0.05, 0) is 0 Å². The fourth-order valence-corrected chi connectivity index (χ4v) is 0.710. The van der Waals surface area contributed by atoms with Gasteiger partial charge in [0.1, 0.15) is 0 Å². The van der Waals surface area contributed by atoms with Crippen molar-refractivity contribution in [1.82, 2.24) is 5.32 Å². The normalized spacial score (nSPS) is 12.6. The molecule has 0 saturated heterocycles. The standard InChI is InChI=1S/C4H6FNO.5C3F6O.C2H2F4/c1-2-3-6-4(5)7;5*4-1(10)2(5,6)3(7,8)9;3-1-2(4,5)6/h2H,1,3H2,(H,6,7);;;;;;1H2. The zero-order valence-electron chi connectivity index (χ0n) is 27.4. The molecule has 0 rings (SSSR count). The molecule has 0 aliphatic heterocycles. The molecule has 0 spiro atoms. The number of carbonyl (C=O) groups excluding carboxylic acids is 6. The van der Waals surface area contributed by atoms with Gasteiger partial charge in [0, 0.05) is 6.54 Å². The molecule has 0 aromatic heterocycles. The van der Waals surface area contributed by atoms with E-state index in [0.29, 0.717) is 0 Å². The summed E-state index contributed by atoms with van der Waals surface area (Å²) in [5.41, 5.74) is 0. The van der Waals surface area contributed by atoms with Gasteiger partial charge in [0.05, 0.1) is 0 Å². The Balaban J connectivity index is -0.000000117. The summed E-state index contributed by atoms with van der Waals surface area (Å²) in [6.07, 6.45) is -35.4. The maximum Gasteiger partial charge on any atom is 0.464 e. The molecule has 42 heteroatoms. The highest BCUT2D eigenvalue weighted by Crippen LogP contribution is 2.39. The molecule has 0 aromatic rings. The zero-order chi connectivity index (χ0) is 53.8. The van der Waals surface area contributed by atoms with Gasteiger partial charge >= 0.3 is 103 Å². The van der Waals surface area contributed by atoms with Gasteiger partial charge in [0.25, 0.3) is 0 Å². The van der Waals surface area contributed by atoms with Gasteiger partial charge < -0.3 is 5.32 Å². The van der Waals surface area contributed by atoms with Gasteiger partial charge in [-0.2, -0.15) is 145 Å². The van der Waals surface area contributed by atoms with Crippen LogP contribution in [0.1, 0.15) is 0 Å². The van der Waals surface area contributed by atoms with Crippen molar-refractivity contribution in [1.29, 1.82) is 0 Å². The van der Waals surface area contributed by atoms with E-state index in [2.05, 4.69) is 6.58 Å². The largest absolute Gasteiger partial charge is 0.464 e. The second-order valence-corrected chi connectivity index (χ2v) is 8.42. The van der Waals surface area contributed by atoms with Crippen molar-refractivity contribution in [3.05, 3.63) is 12.7 Å². The van der Waals surface area contributed by atoms with Gasteiger partial charge in [0.15, 0.2) is 6.67 Å². The molecule has 0 aliphatic rings. The molecule has 0 atom stereocenters. The monoisotopic (exact) mass is 1030 g/mol. The van der Waals surface area contributed by atoms with Gasteiger partial charge in [-0.15, -0.1) is 11.0 Å². The van der Waals surface area contributed by atoms with E-state index in [-0.39, 0.29) is 6.54 Å². The summed E-state index contributed by atoms with van der Waals surface area (Å²) in [7, 11) is 0. The van der Waals surface area contributed by atoms with Gasteiger partial charge in [-0.1, -0.05) is 6.08 Å². The summed E-state index contributed by atoms with van der Waals surface area (Å²) in [6.45, 7) is 1.21. The van der Waals surface area contributed by atoms with Crippen molar-refractivity contribution in [2.75, 3.05) is 13.2 Å². The fraction of sp³-hybridized carbons (Fsp3) is 0.619. The van der Waals surface area contributed by atoms with Crippen molar-refractivity contribution in [3.8, 4) is 0 Å². The lowest BCUT2D eigenvalue weighted by Gasteiger charge is -2.12. The number of alkyl halides is 29. The summed E-state index contributed by atoms with van der Waals surface area (Å²) in [6, 6.07) is -18.5. The fourth-order valence-electron chi connectivity index (χ4n) is 0.710. The first-order chi connectivity index (χ1) is 26.8. The Hall–Kier alpha value is -4.89. The Morgan fingerprint density at radius 2 is 0.476 bits per heavy atom. The molecule has 7 nitrogen and oxygen atoms in total. The van der Waals surface area contributed by atoms with Crippen LogP contribution in [0, 0.1) is 0 Å². The molecular weight excluding hydrogens is 1030 g/mol. The average Bonchev–Trinajstić information content (AvgIpc) is 3.02. The smallest absolute Gasteiger partial charge is 0.325 e. The molecule has 1 N–H and O–H groups in total. The minimum Gasteiger partial charge on any atom is -0.325 e. The second-order valence-electron chi connectivity index (χ2n) is 8.42. The number of halogens is 35. The maximum absolute atomic E-state index is 11.2. The zero-order valence-corrected chi connectivity index (χ0v) is 27.4. The first-order valence-corrected chi connectivity index (χ1v) is 12.2. The van der Waals surface area contributed by atoms with Crippen LogP contribution < -0.4 is 5.32 Å². The minimum absolute atomic E-state index is 0.190. The molecule has 0 aromatic carbocycles. The van der Waals surface area contributed by atoms with Crippen LogP contribution in [0.3, 0.4) is 0 Å². The Kier molecular flexibility index (Phi) is 30.0. The van der Waals surface area contributed by atoms with E-state index >= 15 is 0 Å². The molecule has 63 heavy (non-hydrogen) atoms. The average molecular weight is 1040 g/mol. The lowest BCUT2D eigenvalue weighted by molar-refractivity contribution is -0.274. The van der Waals surface area contributed by atoms with E-state index in [0.717, 1.165) is 0 Å². The van der Waals surface area contributed by atoms with Gasteiger partial charge in [-0.3, -0.25) is 24.0 Å². The Morgan fingerprint density at radius 1 is 0.349 bits per heavy atom. The number of hydrogen-bond acceptors (Lipinski definition) is 6. The van der Waals surface area contributed by atoms with Crippen LogP contribution in [0.2, 0.25) is 0 Å². The molecule has 1 amide bonds. The number of hydrogen-bond donors (Lipinski definition) is 1. The highest BCUT2D eigenvalue weighted by Gasteiger charge is 2.67. The summed E-state index contributed by atoms with van der Waals surface area (Å²) in [5, 5.41) is 1.87. The minimum atomic E-state index is -6.14. The quantitative estimate of drug-likeness (QED) is 0.118. The molecule has 0 heterocycles. The number of rotatable bonds is 7. The number of carbonyl (C=O) groups is 6. The van der Waals surface area contributed by atoms with Crippen molar-refractivity contribution in [2.45, 2.75) is 66.7 Å². The Bertz CT molecular complexity index is 1240. The van der Waals surface area contributed by atoms with Gasteiger partial charge in [-0.25, -0.2) is 9.18 Å². The lowest BCUT2D eigenvalue weighted by Crippen LogP contribution is -2.41. The molecule has 0 unspecified atom stereocenters. The summed E-state index contributed by atoms with van der Waals surface area (Å²) < 4.78 is 382. The third-order valence-electron chi connectivity index (χ3n) is 3.55. The topological polar surface area (TPSA) is 114 Å². The third kappa shape index (κ3) is 29.2. The third-order valence-corrected chi connectivity index (χ3v) is 3.55. The molecule has 0 aliphatic carbocycles. The highest BCUT2D eigenvalue weighted by atomic mass is 19.5. The first-order valence-electron chi connectivity index (χ1n) is 12.2. The van der Waals surface area contributed by atoms with Crippen molar-refractivity contribution in [3.63, 3.8) is 0 Å².